The number of hydrogen-bond donors (Lipinski definition) is 2. The lowest BCUT2D eigenvalue weighted by molar-refractivity contribution is -0.0835. The van der Waals surface area contributed by atoms with Gasteiger partial charge >= 0.3 is 0 Å². The molecule has 0 spiro atoms. The van der Waals surface area contributed by atoms with Crippen molar-refractivity contribution >= 4 is 29.9 Å². The number of aliphatic imine (C=N–C) groups is 1. The van der Waals surface area contributed by atoms with Gasteiger partial charge in [0.1, 0.15) is 0 Å². The average Bonchev–Trinajstić information content (AvgIpc) is 2.95. The first-order valence-electron chi connectivity index (χ1n) is 8.59. The van der Waals surface area contributed by atoms with E-state index < -0.39 is 0 Å². The Morgan fingerprint density at radius 2 is 1.82 bits per heavy atom. The quantitative estimate of drug-likeness (QED) is 0.415. The highest BCUT2D eigenvalue weighted by Crippen LogP contribution is 2.33. The Hall–Kier alpha value is -0.0400. The molecule has 1 aliphatic heterocycles. The van der Waals surface area contributed by atoms with Gasteiger partial charge in [-0.15, -0.1) is 24.0 Å². The summed E-state index contributed by atoms with van der Waals surface area (Å²) < 4.78 is 6.05. The molecule has 2 rings (SSSR count). The molecule has 22 heavy (non-hydrogen) atoms. The van der Waals surface area contributed by atoms with Gasteiger partial charge in [0.15, 0.2) is 5.96 Å². The minimum absolute atomic E-state index is 0. The van der Waals surface area contributed by atoms with Crippen LogP contribution >= 0.6 is 24.0 Å². The van der Waals surface area contributed by atoms with Crippen molar-refractivity contribution in [3.63, 3.8) is 0 Å². The van der Waals surface area contributed by atoms with Crippen molar-refractivity contribution in [3.05, 3.63) is 0 Å². The third kappa shape index (κ3) is 5.87. The second-order valence-electron chi connectivity index (χ2n) is 7.64. The summed E-state index contributed by atoms with van der Waals surface area (Å²) in [5.74, 6) is 1.53. The van der Waals surface area contributed by atoms with Crippen LogP contribution in [0, 0.1) is 11.3 Å². The summed E-state index contributed by atoms with van der Waals surface area (Å²) in [6.45, 7) is 8.70. The van der Waals surface area contributed by atoms with E-state index in [1.54, 1.807) is 0 Å². The van der Waals surface area contributed by atoms with Crippen molar-refractivity contribution < 1.29 is 4.74 Å². The number of nitrogens with zero attached hydrogens (tertiary/aromatic N) is 1. The van der Waals surface area contributed by atoms with Crippen LogP contribution in [0.1, 0.15) is 59.3 Å². The molecule has 1 heterocycles. The molecule has 2 N–H and O–H groups in total. The SMILES string of the molecule is CN=C(NCC1CCCOC1C(C)(C)C)NC1CCCC1.I. The molecule has 4 nitrogen and oxygen atoms in total. The van der Waals surface area contributed by atoms with Crippen LogP contribution in [0.2, 0.25) is 0 Å². The summed E-state index contributed by atoms with van der Waals surface area (Å²) >= 11 is 0. The zero-order chi connectivity index (χ0) is 15.3. The molecule has 0 aromatic heterocycles. The Kier molecular flexibility index (Phi) is 8.46. The molecule has 2 atom stereocenters. The van der Waals surface area contributed by atoms with Crippen LogP contribution < -0.4 is 10.6 Å². The fraction of sp³-hybridized carbons (Fsp3) is 0.941. The van der Waals surface area contributed by atoms with Gasteiger partial charge in [0.05, 0.1) is 6.10 Å². The second kappa shape index (κ2) is 9.30. The van der Waals surface area contributed by atoms with Gasteiger partial charge in [-0.3, -0.25) is 4.99 Å². The summed E-state index contributed by atoms with van der Waals surface area (Å²) in [6.07, 6.45) is 8.00. The van der Waals surface area contributed by atoms with Crippen molar-refractivity contribution in [2.24, 2.45) is 16.3 Å². The first kappa shape index (κ1) is 20.0. The number of ether oxygens (including phenoxy) is 1. The Bertz CT molecular complexity index is 348. The highest BCUT2D eigenvalue weighted by atomic mass is 127. The van der Waals surface area contributed by atoms with Gasteiger partial charge in [-0.1, -0.05) is 33.6 Å². The highest BCUT2D eigenvalue weighted by molar-refractivity contribution is 14.0. The molecule has 0 aromatic rings. The molecule has 0 bridgehead atoms. The predicted octanol–water partition coefficient (Wildman–Crippen LogP) is 3.55. The summed E-state index contributed by atoms with van der Waals surface area (Å²) in [4.78, 5) is 4.38. The first-order valence-corrected chi connectivity index (χ1v) is 8.59. The Morgan fingerprint density at radius 1 is 1.14 bits per heavy atom. The highest BCUT2D eigenvalue weighted by Gasteiger charge is 2.35. The maximum atomic E-state index is 6.05. The molecular weight excluding hydrogens is 389 g/mol. The molecule has 2 unspecified atom stereocenters. The lowest BCUT2D eigenvalue weighted by Crippen LogP contribution is -2.49. The lowest BCUT2D eigenvalue weighted by Gasteiger charge is -2.40. The van der Waals surface area contributed by atoms with E-state index in [1.807, 2.05) is 7.05 Å². The molecule has 2 fully saturated rings. The summed E-state index contributed by atoms with van der Waals surface area (Å²) in [6, 6.07) is 0.609. The molecule has 1 aliphatic carbocycles. The summed E-state index contributed by atoms with van der Waals surface area (Å²) in [5.41, 5.74) is 0.204. The predicted molar refractivity (Wildman–Crippen MR) is 104 cm³/mol. The van der Waals surface area contributed by atoms with Crippen LogP contribution in [0.5, 0.6) is 0 Å². The van der Waals surface area contributed by atoms with Crippen LogP contribution in [0.25, 0.3) is 0 Å². The Labute approximate surface area is 153 Å². The van der Waals surface area contributed by atoms with Crippen LogP contribution in [0.4, 0.5) is 0 Å². The molecule has 1 saturated carbocycles. The zero-order valence-electron chi connectivity index (χ0n) is 14.7. The van der Waals surface area contributed by atoms with Crippen LogP contribution in [0.3, 0.4) is 0 Å². The van der Waals surface area contributed by atoms with E-state index in [9.17, 15) is 0 Å². The van der Waals surface area contributed by atoms with Crippen molar-refractivity contribution in [1.82, 2.24) is 10.6 Å². The fourth-order valence-electron chi connectivity index (χ4n) is 3.70. The molecule has 5 heteroatoms. The van der Waals surface area contributed by atoms with Crippen molar-refractivity contribution in [2.45, 2.75) is 71.4 Å². The molecule has 0 amide bonds. The van der Waals surface area contributed by atoms with E-state index in [0.29, 0.717) is 18.1 Å². The maximum absolute atomic E-state index is 6.05. The minimum atomic E-state index is 0. The fourth-order valence-corrected chi connectivity index (χ4v) is 3.70. The van der Waals surface area contributed by atoms with Crippen molar-refractivity contribution in [3.8, 4) is 0 Å². The van der Waals surface area contributed by atoms with E-state index in [-0.39, 0.29) is 29.4 Å². The molecule has 2 aliphatic rings. The van der Waals surface area contributed by atoms with Gasteiger partial charge in [-0.2, -0.15) is 0 Å². The summed E-state index contributed by atoms with van der Waals surface area (Å²) in [5, 5.41) is 7.08. The normalized spacial score (nSPS) is 27.4. The van der Waals surface area contributed by atoms with Crippen LogP contribution in [0.15, 0.2) is 4.99 Å². The molecule has 0 radical (unpaired) electrons. The number of nitrogens with one attached hydrogen (secondary N) is 2. The number of rotatable bonds is 3. The summed E-state index contributed by atoms with van der Waals surface area (Å²) in [7, 11) is 1.86. The Balaban J connectivity index is 0.00000242. The van der Waals surface area contributed by atoms with Crippen molar-refractivity contribution in [1.29, 1.82) is 0 Å². The minimum Gasteiger partial charge on any atom is -0.377 e. The topological polar surface area (TPSA) is 45.7 Å². The van der Waals surface area contributed by atoms with Crippen molar-refractivity contribution in [2.75, 3.05) is 20.2 Å². The van der Waals surface area contributed by atoms with E-state index in [0.717, 1.165) is 19.1 Å². The van der Waals surface area contributed by atoms with Crippen LogP contribution in [-0.2, 0) is 4.74 Å². The molecular formula is C17H34IN3O. The van der Waals surface area contributed by atoms with Gasteiger partial charge in [0.25, 0.3) is 0 Å². The smallest absolute Gasteiger partial charge is 0.191 e. The second-order valence-corrected chi connectivity index (χ2v) is 7.64. The average molecular weight is 423 g/mol. The zero-order valence-corrected chi connectivity index (χ0v) is 17.0. The first-order chi connectivity index (χ1) is 10.0. The standard InChI is InChI=1S/C17H33N3O.HI/c1-17(2,3)15-13(8-7-11-21-15)12-19-16(18-4)20-14-9-5-6-10-14;/h13-15H,5-12H2,1-4H3,(H2,18,19,20);1H. The number of hydrogen-bond acceptors (Lipinski definition) is 2. The van der Waals surface area contributed by atoms with E-state index in [1.165, 1.54) is 38.5 Å². The van der Waals surface area contributed by atoms with Crippen LogP contribution in [-0.4, -0.2) is 38.3 Å². The van der Waals surface area contributed by atoms with Gasteiger partial charge < -0.3 is 15.4 Å². The third-order valence-corrected chi connectivity index (χ3v) is 4.75. The molecule has 1 saturated heterocycles. The Morgan fingerprint density at radius 3 is 2.41 bits per heavy atom. The maximum Gasteiger partial charge on any atom is 0.191 e. The van der Waals surface area contributed by atoms with Gasteiger partial charge in [-0.05, 0) is 31.1 Å². The largest absolute Gasteiger partial charge is 0.377 e. The van der Waals surface area contributed by atoms with Gasteiger partial charge in [0, 0.05) is 32.2 Å². The molecule has 130 valence electrons. The van der Waals surface area contributed by atoms with E-state index in [2.05, 4.69) is 36.4 Å². The lowest BCUT2D eigenvalue weighted by atomic mass is 9.78. The van der Waals surface area contributed by atoms with E-state index in [4.69, 9.17) is 4.74 Å². The molecule has 0 aromatic carbocycles. The third-order valence-electron chi connectivity index (χ3n) is 4.75. The number of guanidine groups is 1. The van der Waals surface area contributed by atoms with Gasteiger partial charge in [0.2, 0.25) is 0 Å². The van der Waals surface area contributed by atoms with E-state index >= 15 is 0 Å². The number of halogens is 1. The monoisotopic (exact) mass is 423 g/mol. The van der Waals surface area contributed by atoms with Gasteiger partial charge in [-0.25, -0.2) is 0 Å².